The van der Waals surface area contributed by atoms with Gasteiger partial charge in [-0.25, -0.2) is 13.1 Å². The van der Waals surface area contributed by atoms with Crippen molar-refractivity contribution < 1.29 is 8.42 Å². The SMILES string of the molecule is CC1(C)CCC(NS(=O)(=O)Cc2ccc(CN)cc2)C1. The Morgan fingerprint density at radius 1 is 1.25 bits per heavy atom. The van der Waals surface area contributed by atoms with Gasteiger partial charge in [0, 0.05) is 12.6 Å². The molecule has 1 unspecified atom stereocenters. The van der Waals surface area contributed by atoms with Crippen molar-refractivity contribution in [3.05, 3.63) is 35.4 Å². The summed E-state index contributed by atoms with van der Waals surface area (Å²) in [7, 11) is -3.27. The van der Waals surface area contributed by atoms with Crippen LogP contribution in [0.15, 0.2) is 24.3 Å². The molecule has 0 spiro atoms. The van der Waals surface area contributed by atoms with Crippen LogP contribution in [0.3, 0.4) is 0 Å². The Balaban J connectivity index is 1.97. The van der Waals surface area contributed by atoms with Crippen molar-refractivity contribution >= 4 is 10.0 Å². The highest BCUT2D eigenvalue weighted by Crippen LogP contribution is 2.37. The van der Waals surface area contributed by atoms with Crippen molar-refractivity contribution in [1.82, 2.24) is 4.72 Å². The Labute approximate surface area is 121 Å². The third-order valence-electron chi connectivity index (χ3n) is 3.93. The summed E-state index contributed by atoms with van der Waals surface area (Å²) in [5.74, 6) is 0.0365. The van der Waals surface area contributed by atoms with Crippen LogP contribution in [0.5, 0.6) is 0 Å². The molecular weight excluding hydrogens is 272 g/mol. The fourth-order valence-electron chi connectivity index (χ4n) is 2.82. The maximum Gasteiger partial charge on any atom is 0.216 e. The van der Waals surface area contributed by atoms with E-state index in [9.17, 15) is 8.42 Å². The van der Waals surface area contributed by atoms with Gasteiger partial charge in [-0.1, -0.05) is 38.1 Å². The van der Waals surface area contributed by atoms with Crippen molar-refractivity contribution in [3.8, 4) is 0 Å². The van der Waals surface area contributed by atoms with E-state index in [0.717, 1.165) is 30.4 Å². The molecule has 5 heteroatoms. The van der Waals surface area contributed by atoms with Gasteiger partial charge < -0.3 is 5.73 Å². The van der Waals surface area contributed by atoms with Crippen LogP contribution in [0.2, 0.25) is 0 Å². The summed E-state index contributed by atoms with van der Waals surface area (Å²) < 4.78 is 27.2. The molecule has 0 radical (unpaired) electrons. The second-order valence-electron chi connectivity index (χ2n) is 6.50. The molecule has 4 nitrogen and oxygen atoms in total. The molecule has 1 fully saturated rings. The molecule has 2 rings (SSSR count). The van der Waals surface area contributed by atoms with Crippen LogP contribution < -0.4 is 10.5 Å². The molecule has 0 bridgehead atoms. The quantitative estimate of drug-likeness (QED) is 0.874. The standard InChI is InChI=1S/C15H24N2O2S/c1-15(2)8-7-14(9-15)17-20(18,19)11-13-5-3-12(10-16)4-6-13/h3-6,14,17H,7-11,16H2,1-2H3. The van der Waals surface area contributed by atoms with E-state index in [-0.39, 0.29) is 17.2 Å². The molecule has 1 aliphatic carbocycles. The summed E-state index contributed by atoms with van der Waals surface area (Å²) in [6, 6.07) is 7.51. The van der Waals surface area contributed by atoms with Gasteiger partial charge in [0.2, 0.25) is 10.0 Å². The number of nitrogens with one attached hydrogen (secondary N) is 1. The van der Waals surface area contributed by atoms with Crippen LogP contribution in [0, 0.1) is 5.41 Å². The van der Waals surface area contributed by atoms with E-state index in [1.807, 2.05) is 24.3 Å². The number of sulfonamides is 1. The third-order valence-corrected chi connectivity index (χ3v) is 5.34. The highest BCUT2D eigenvalue weighted by molar-refractivity contribution is 7.88. The largest absolute Gasteiger partial charge is 0.326 e. The zero-order valence-corrected chi connectivity index (χ0v) is 13.0. The first kappa shape index (κ1) is 15.5. The van der Waals surface area contributed by atoms with E-state index in [0.29, 0.717) is 6.54 Å². The van der Waals surface area contributed by atoms with Crippen LogP contribution in [0.1, 0.15) is 44.2 Å². The molecular formula is C15H24N2O2S. The highest BCUT2D eigenvalue weighted by Gasteiger charge is 2.33. The van der Waals surface area contributed by atoms with E-state index >= 15 is 0 Å². The summed E-state index contributed by atoms with van der Waals surface area (Å²) in [6.07, 6.45) is 2.92. The number of rotatable bonds is 5. The monoisotopic (exact) mass is 296 g/mol. The van der Waals surface area contributed by atoms with Gasteiger partial charge >= 0.3 is 0 Å². The summed E-state index contributed by atoms with van der Waals surface area (Å²) in [5, 5.41) is 0. The molecule has 1 saturated carbocycles. The summed E-state index contributed by atoms with van der Waals surface area (Å²) in [6.45, 7) is 4.85. The average Bonchev–Trinajstić information content (AvgIpc) is 2.68. The topological polar surface area (TPSA) is 72.2 Å². The minimum absolute atomic E-state index is 0.0365. The van der Waals surface area contributed by atoms with Gasteiger partial charge in [-0.2, -0.15) is 0 Å². The van der Waals surface area contributed by atoms with Crippen LogP contribution >= 0.6 is 0 Å². The normalized spacial score (nSPS) is 22.1. The molecule has 1 aliphatic rings. The third kappa shape index (κ3) is 4.30. The first-order valence-electron chi connectivity index (χ1n) is 7.08. The Morgan fingerprint density at radius 2 is 1.85 bits per heavy atom. The molecule has 112 valence electrons. The Kier molecular flexibility index (Phi) is 4.52. The predicted molar refractivity (Wildman–Crippen MR) is 81.5 cm³/mol. The molecule has 1 aromatic carbocycles. The van der Waals surface area contributed by atoms with E-state index < -0.39 is 10.0 Å². The summed E-state index contributed by atoms with van der Waals surface area (Å²) >= 11 is 0. The van der Waals surface area contributed by atoms with Gasteiger partial charge in [0.15, 0.2) is 0 Å². The molecule has 0 amide bonds. The fourth-order valence-corrected chi connectivity index (χ4v) is 4.25. The predicted octanol–water partition coefficient (Wildman–Crippen LogP) is 2.14. The van der Waals surface area contributed by atoms with Crippen molar-refractivity contribution in [2.24, 2.45) is 11.1 Å². The first-order chi connectivity index (χ1) is 9.30. The van der Waals surface area contributed by atoms with Gasteiger partial charge in [-0.05, 0) is 35.8 Å². The minimum Gasteiger partial charge on any atom is -0.326 e. The molecule has 3 N–H and O–H groups in total. The Bertz CT molecular complexity index is 550. The van der Waals surface area contributed by atoms with Gasteiger partial charge in [-0.3, -0.25) is 0 Å². The van der Waals surface area contributed by atoms with Crippen LogP contribution in [-0.2, 0) is 22.3 Å². The lowest BCUT2D eigenvalue weighted by Crippen LogP contribution is -2.34. The van der Waals surface area contributed by atoms with Gasteiger partial charge in [0.05, 0.1) is 5.75 Å². The molecule has 0 aliphatic heterocycles. The lowest BCUT2D eigenvalue weighted by molar-refractivity contribution is 0.372. The molecule has 1 aromatic rings. The van der Waals surface area contributed by atoms with Gasteiger partial charge in [0.25, 0.3) is 0 Å². The van der Waals surface area contributed by atoms with Crippen LogP contribution in [0.25, 0.3) is 0 Å². The number of nitrogens with two attached hydrogens (primary N) is 1. The molecule has 0 heterocycles. The number of benzene rings is 1. The summed E-state index contributed by atoms with van der Waals surface area (Å²) in [4.78, 5) is 0. The lowest BCUT2D eigenvalue weighted by atomic mass is 9.92. The van der Waals surface area contributed by atoms with Crippen LogP contribution in [0.4, 0.5) is 0 Å². The van der Waals surface area contributed by atoms with E-state index in [1.165, 1.54) is 0 Å². The fraction of sp³-hybridized carbons (Fsp3) is 0.600. The Hall–Kier alpha value is -0.910. The zero-order valence-electron chi connectivity index (χ0n) is 12.2. The molecule has 20 heavy (non-hydrogen) atoms. The second kappa shape index (κ2) is 5.84. The second-order valence-corrected chi connectivity index (χ2v) is 8.26. The van der Waals surface area contributed by atoms with Crippen molar-refractivity contribution in [2.45, 2.75) is 51.4 Å². The zero-order chi connectivity index (χ0) is 14.8. The lowest BCUT2D eigenvalue weighted by Gasteiger charge is -2.18. The van der Waals surface area contributed by atoms with Gasteiger partial charge in [0.1, 0.15) is 0 Å². The summed E-state index contributed by atoms with van der Waals surface area (Å²) in [5.41, 5.74) is 7.59. The first-order valence-corrected chi connectivity index (χ1v) is 8.73. The number of hydrogen-bond donors (Lipinski definition) is 2. The molecule has 1 atom stereocenters. The van der Waals surface area contributed by atoms with Crippen LogP contribution in [-0.4, -0.2) is 14.5 Å². The molecule has 0 saturated heterocycles. The minimum atomic E-state index is -3.27. The Morgan fingerprint density at radius 3 is 2.35 bits per heavy atom. The highest BCUT2D eigenvalue weighted by atomic mass is 32.2. The van der Waals surface area contributed by atoms with E-state index in [1.54, 1.807) is 0 Å². The van der Waals surface area contributed by atoms with Crippen molar-refractivity contribution in [1.29, 1.82) is 0 Å². The maximum atomic E-state index is 12.2. The van der Waals surface area contributed by atoms with Gasteiger partial charge in [-0.15, -0.1) is 0 Å². The average molecular weight is 296 g/mol. The smallest absolute Gasteiger partial charge is 0.216 e. The maximum absolute atomic E-state index is 12.2. The molecule has 0 aromatic heterocycles. The van der Waals surface area contributed by atoms with E-state index in [2.05, 4.69) is 18.6 Å². The van der Waals surface area contributed by atoms with E-state index in [4.69, 9.17) is 5.73 Å². The number of hydrogen-bond acceptors (Lipinski definition) is 3. The van der Waals surface area contributed by atoms with Crippen molar-refractivity contribution in [2.75, 3.05) is 0 Å². The van der Waals surface area contributed by atoms with Crippen molar-refractivity contribution in [3.63, 3.8) is 0 Å².